The van der Waals surface area contributed by atoms with Crippen molar-refractivity contribution in [1.82, 2.24) is 5.32 Å². The Morgan fingerprint density at radius 1 is 1.12 bits per heavy atom. The number of carbonyl (C=O) groups is 2. The van der Waals surface area contributed by atoms with Crippen LogP contribution in [0.25, 0.3) is 0 Å². The number of carbonyl (C=O) groups excluding carboxylic acids is 2. The van der Waals surface area contributed by atoms with E-state index in [1.54, 1.807) is 19.9 Å². The van der Waals surface area contributed by atoms with Gasteiger partial charge in [-0.05, 0) is 51.3 Å². The smallest absolute Gasteiger partial charge is 0.375 e. The molecule has 2 aromatic rings. The van der Waals surface area contributed by atoms with Crippen molar-refractivity contribution < 1.29 is 18.7 Å². The molecule has 0 bridgehead atoms. The maximum absolute atomic E-state index is 12.1. The van der Waals surface area contributed by atoms with E-state index in [0.29, 0.717) is 5.76 Å². The van der Waals surface area contributed by atoms with E-state index < -0.39 is 12.1 Å². The first kappa shape index (κ1) is 17.8. The van der Waals surface area contributed by atoms with Crippen molar-refractivity contribution in [2.45, 2.75) is 45.8 Å². The molecule has 2 atom stereocenters. The van der Waals surface area contributed by atoms with E-state index >= 15 is 0 Å². The van der Waals surface area contributed by atoms with Crippen LogP contribution in [0.4, 0.5) is 0 Å². The molecule has 0 fully saturated rings. The number of amides is 1. The Bertz CT molecular complexity index is 678. The summed E-state index contributed by atoms with van der Waals surface area (Å²) in [6, 6.07) is 13.3. The van der Waals surface area contributed by atoms with Crippen LogP contribution in [0.15, 0.2) is 46.9 Å². The molecular weight excluding hydrogens is 306 g/mol. The number of benzene rings is 1. The minimum atomic E-state index is -0.873. The van der Waals surface area contributed by atoms with E-state index in [9.17, 15) is 9.59 Å². The third kappa shape index (κ3) is 5.26. The summed E-state index contributed by atoms with van der Waals surface area (Å²) in [4.78, 5) is 24.0. The van der Waals surface area contributed by atoms with Crippen LogP contribution in [0.1, 0.15) is 42.1 Å². The second-order valence-electron chi connectivity index (χ2n) is 5.89. The first-order chi connectivity index (χ1) is 11.5. The van der Waals surface area contributed by atoms with Crippen LogP contribution in [0.3, 0.4) is 0 Å². The summed E-state index contributed by atoms with van der Waals surface area (Å²) >= 11 is 0. The van der Waals surface area contributed by atoms with Crippen molar-refractivity contribution in [2.75, 3.05) is 0 Å². The van der Waals surface area contributed by atoms with E-state index in [0.717, 1.165) is 12.8 Å². The van der Waals surface area contributed by atoms with Gasteiger partial charge >= 0.3 is 5.97 Å². The summed E-state index contributed by atoms with van der Waals surface area (Å²) in [6.45, 7) is 5.22. The molecule has 128 valence electrons. The lowest BCUT2D eigenvalue weighted by molar-refractivity contribution is -0.129. The van der Waals surface area contributed by atoms with Crippen LogP contribution in [0.5, 0.6) is 0 Å². The average molecular weight is 329 g/mol. The van der Waals surface area contributed by atoms with E-state index in [2.05, 4.69) is 17.4 Å². The molecule has 5 nitrogen and oxygen atoms in total. The zero-order valence-electron chi connectivity index (χ0n) is 14.2. The van der Waals surface area contributed by atoms with Gasteiger partial charge in [0, 0.05) is 6.04 Å². The molecule has 2 rings (SSSR count). The number of hydrogen-bond acceptors (Lipinski definition) is 4. The van der Waals surface area contributed by atoms with Crippen molar-refractivity contribution in [1.29, 1.82) is 0 Å². The summed E-state index contributed by atoms with van der Waals surface area (Å²) in [5.74, 6) is -0.229. The van der Waals surface area contributed by atoms with Crippen LogP contribution in [-0.2, 0) is 16.0 Å². The number of ether oxygens (including phenoxy) is 1. The summed E-state index contributed by atoms with van der Waals surface area (Å²) in [5.41, 5.74) is 1.23. The van der Waals surface area contributed by atoms with E-state index in [4.69, 9.17) is 9.15 Å². The monoisotopic (exact) mass is 329 g/mol. The second kappa shape index (κ2) is 8.34. The summed E-state index contributed by atoms with van der Waals surface area (Å²) in [5, 5.41) is 2.87. The van der Waals surface area contributed by atoms with Gasteiger partial charge in [-0.1, -0.05) is 30.3 Å². The Morgan fingerprint density at radius 3 is 2.46 bits per heavy atom. The fraction of sp³-hybridized carbons (Fsp3) is 0.368. The van der Waals surface area contributed by atoms with E-state index in [-0.39, 0.29) is 17.7 Å². The molecule has 0 saturated heterocycles. The highest BCUT2D eigenvalue weighted by molar-refractivity contribution is 5.90. The van der Waals surface area contributed by atoms with Gasteiger partial charge in [0.15, 0.2) is 6.10 Å². The summed E-state index contributed by atoms with van der Waals surface area (Å²) < 4.78 is 10.3. The number of nitrogens with one attached hydrogen (secondary N) is 1. The van der Waals surface area contributed by atoms with Crippen molar-refractivity contribution >= 4 is 11.9 Å². The van der Waals surface area contributed by atoms with Crippen LogP contribution >= 0.6 is 0 Å². The second-order valence-corrected chi connectivity index (χ2v) is 5.89. The lowest BCUT2D eigenvalue weighted by Gasteiger charge is -2.17. The summed E-state index contributed by atoms with van der Waals surface area (Å²) in [7, 11) is 0. The molecule has 24 heavy (non-hydrogen) atoms. The largest absolute Gasteiger partial charge is 0.454 e. The van der Waals surface area contributed by atoms with Crippen LogP contribution < -0.4 is 5.32 Å². The Labute approximate surface area is 142 Å². The zero-order valence-corrected chi connectivity index (χ0v) is 14.2. The van der Waals surface area contributed by atoms with Gasteiger partial charge in [-0.2, -0.15) is 0 Å². The fourth-order valence-corrected chi connectivity index (χ4v) is 2.28. The molecule has 1 aromatic heterocycles. The number of furan rings is 1. The minimum Gasteiger partial charge on any atom is -0.454 e. The third-order valence-corrected chi connectivity index (χ3v) is 3.69. The molecule has 0 radical (unpaired) electrons. The first-order valence-electron chi connectivity index (χ1n) is 8.07. The highest BCUT2D eigenvalue weighted by Crippen LogP contribution is 2.10. The molecule has 0 unspecified atom stereocenters. The van der Waals surface area contributed by atoms with Crippen molar-refractivity contribution in [2.24, 2.45) is 0 Å². The van der Waals surface area contributed by atoms with E-state index in [1.807, 2.05) is 25.1 Å². The molecule has 0 aliphatic carbocycles. The van der Waals surface area contributed by atoms with Gasteiger partial charge in [0.2, 0.25) is 5.76 Å². The molecule has 0 spiro atoms. The lowest BCUT2D eigenvalue weighted by atomic mass is 10.1. The van der Waals surface area contributed by atoms with Gasteiger partial charge in [0.25, 0.3) is 5.91 Å². The van der Waals surface area contributed by atoms with Gasteiger partial charge in [-0.3, -0.25) is 4.79 Å². The van der Waals surface area contributed by atoms with Gasteiger partial charge in [0.05, 0.1) is 0 Å². The van der Waals surface area contributed by atoms with Crippen LogP contribution in [-0.4, -0.2) is 24.0 Å². The van der Waals surface area contributed by atoms with Crippen LogP contribution in [0, 0.1) is 6.92 Å². The Hall–Kier alpha value is -2.56. The maximum atomic E-state index is 12.1. The van der Waals surface area contributed by atoms with Crippen LogP contribution in [0.2, 0.25) is 0 Å². The normalized spacial score (nSPS) is 13.1. The Morgan fingerprint density at radius 2 is 1.83 bits per heavy atom. The minimum absolute atomic E-state index is 0.00952. The summed E-state index contributed by atoms with van der Waals surface area (Å²) in [6.07, 6.45) is 0.817. The molecule has 1 amide bonds. The standard InChI is InChI=1S/C19H23NO4/c1-13(9-11-16-7-5-4-6-8-16)20-18(21)15(3)24-19(22)17-12-10-14(2)23-17/h4-8,10,12-13,15H,9,11H2,1-3H3,(H,20,21)/t13-,15+/m0/s1. The maximum Gasteiger partial charge on any atom is 0.375 e. The lowest BCUT2D eigenvalue weighted by Crippen LogP contribution is -2.41. The molecule has 1 N–H and O–H groups in total. The molecule has 1 heterocycles. The highest BCUT2D eigenvalue weighted by Gasteiger charge is 2.21. The highest BCUT2D eigenvalue weighted by atomic mass is 16.6. The number of rotatable bonds is 7. The number of hydrogen-bond donors (Lipinski definition) is 1. The van der Waals surface area contributed by atoms with E-state index in [1.165, 1.54) is 11.6 Å². The molecule has 0 saturated carbocycles. The topological polar surface area (TPSA) is 68.5 Å². The predicted molar refractivity (Wildman–Crippen MR) is 90.7 cm³/mol. The van der Waals surface area contributed by atoms with Crippen molar-refractivity contribution in [3.05, 3.63) is 59.5 Å². The molecule has 0 aliphatic rings. The quantitative estimate of drug-likeness (QED) is 0.792. The first-order valence-corrected chi connectivity index (χ1v) is 8.07. The Balaban J connectivity index is 1.77. The van der Waals surface area contributed by atoms with Gasteiger partial charge < -0.3 is 14.5 Å². The number of aryl methyl sites for hydroxylation is 2. The predicted octanol–water partition coefficient (Wildman–Crippen LogP) is 3.27. The zero-order chi connectivity index (χ0) is 17.5. The van der Waals surface area contributed by atoms with Crippen molar-refractivity contribution in [3.8, 4) is 0 Å². The van der Waals surface area contributed by atoms with Gasteiger partial charge in [-0.15, -0.1) is 0 Å². The Kier molecular flexibility index (Phi) is 6.18. The third-order valence-electron chi connectivity index (χ3n) is 3.69. The van der Waals surface area contributed by atoms with Gasteiger partial charge in [-0.25, -0.2) is 4.79 Å². The molecular formula is C19H23NO4. The SMILES string of the molecule is Cc1ccc(C(=O)O[C@H](C)C(=O)N[C@@H](C)CCc2ccccc2)o1. The molecule has 0 aliphatic heterocycles. The molecule has 1 aromatic carbocycles. The number of esters is 1. The average Bonchev–Trinajstić information content (AvgIpc) is 3.00. The molecule has 5 heteroatoms. The van der Waals surface area contributed by atoms with Gasteiger partial charge in [0.1, 0.15) is 5.76 Å². The van der Waals surface area contributed by atoms with Crippen molar-refractivity contribution in [3.63, 3.8) is 0 Å². The fourth-order valence-electron chi connectivity index (χ4n) is 2.28.